The molecule has 1 amide bonds. The quantitative estimate of drug-likeness (QED) is 0.842. The number of rotatable bonds is 6. The monoisotopic (exact) mass is 251 g/mol. The lowest BCUT2D eigenvalue weighted by molar-refractivity contribution is -0.123. The predicted octanol–water partition coefficient (Wildman–Crippen LogP) is 2.08. The molecule has 0 aliphatic rings. The van der Waals surface area contributed by atoms with Gasteiger partial charge in [-0.05, 0) is 31.5 Å². The van der Waals surface area contributed by atoms with Crippen LogP contribution in [-0.4, -0.2) is 26.7 Å². The standard InChI is InChI=1S/C14H21NO3/c1-14(2,15-13(16)9-10-17-3)11-5-7-12(18-4)8-6-11/h5-8H,9-10H2,1-4H3,(H,15,16). The van der Waals surface area contributed by atoms with E-state index in [4.69, 9.17) is 9.47 Å². The summed E-state index contributed by atoms with van der Waals surface area (Å²) in [6, 6.07) is 7.68. The Balaban J connectivity index is 2.69. The van der Waals surface area contributed by atoms with E-state index in [0.29, 0.717) is 13.0 Å². The highest BCUT2D eigenvalue weighted by Gasteiger charge is 2.22. The average Bonchev–Trinajstić information content (AvgIpc) is 2.36. The van der Waals surface area contributed by atoms with Crippen molar-refractivity contribution in [2.45, 2.75) is 25.8 Å². The normalized spacial score (nSPS) is 11.1. The molecule has 4 heteroatoms. The third-order valence-corrected chi connectivity index (χ3v) is 2.80. The average molecular weight is 251 g/mol. The van der Waals surface area contributed by atoms with Crippen molar-refractivity contribution in [3.05, 3.63) is 29.8 Å². The molecule has 0 spiro atoms. The largest absolute Gasteiger partial charge is 0.497 e. The molecule has 0 atom stereocenters. The second-order valence-electron chi connectivity index (χ2n) is 4.64. The molecule has 0 fully saturated rings. The topological polar surface area (TPSA) is 47.6 Å². The number of ether oxygens (including phenoxy) is 2. The Bertz CT molecular complexity index is 385. The fourth-order valence-corrected chi connectivity index (χ4v) is 1.69. The molecule has 0 heterocycles. The van der Waals surface area contributed by atoms with E-state index in [1.54, 1.807) is 14.2 Å². The van der Waals surface area contributed by atoms with Crippen LogP contribution in [0.3, 0.4) is 0 Å². The van der Waals surface area contributed by atoms with E-state index in [2.05, 4.69) is 5.32 Å². The van der Waals surface area contributed by atoms with E-state index in [1.165, 1.54) is 0 Å². The molecule has 0 saturated heterocycles. The highest BCUT2D eigenvalue weighted by atomic mass is 16.5. The third kappa shape index (κ3) is 4.04. The Morgan fingerprint density at radius 1 is 1.22 bits per heavy atom. The summed E-state index contributed by atoms with van der Waals surface area (Å²) in [5.74, 6) is 0.790. The van der Waals surface area contributed by atoms with Gasteiger partial charge in [-0.2, -0.15) is 0 Å². The maximum absolute atomic E-state index is 11.7. The van der Waals surface area contributed by atoms with E-state index >= 15 is 0 Å². The smallest absolute Gasteiger partial charge is 0.222 e. The van der Waals surface area contributed by atoms with Crippen molar-refractivity contribution >= 4 is 5.91 Å². The first-order chi connectivity index (χ1) is 8.49. The molecule has 0 aliphatic heterocycles. The van der Waals surface area contributed by atoms with Crippen LogP contribution >= 0.6 is 0 Å². The van der Waals surface area contributed by atoms with Crippen LogP contribution in [0.25, 0.3) is 0 Å². The zero-order chi connectivity index (χ0) is 13.6. The first kappa shape index (κ1) is 14.5. The van der Waals surface area contributed by atoms with Crippen molar-refractivity contribution < 1.29 is 14.3 Å². The molecule has 0 unspecified atom stereocenters. The number of amides is 1. The van der Waals surface area contributed by atoms with Crippen molar-refractivity contribution in [2.75, 3.05) is 20.8 Å². The Morgan fingerprint density at radius 3 is 2.33 bits per heavy atom. The van der Waals surface area contributed by atoms with Gasteiger partial charge in [-0.1, -0.05) is 12.1 Å². The van der Waals surface area contributed by atoms with Crippen molar-refractivity contribution in [3.8, 4) is 5.75 Å². The van der Waals surface area contributed by atoms with Crippen molar-refractivity contribution in [1.29, 1.82) is 0 Å². The molecule has 0 aromatic heterocycles. The molecule has 1 aromatic carbocycles. The zero-order valence-electron chi connectivity index (χ0n) is 11.4. The van der Waals surface area contributed by atoms with Gasteiger partial charge >= 0.3 is 0 Å². The van der Waals surface area contributed by atoms with Gasteiger partial charge in [0.25, 0.3) is 0 Å². The number of benzene rings is 1. The summed E-state index contributed by atoms with van der Waals surface area (Å²) in [4.78, 5) is 11.7. The molecule has 1 aromatic rings. The number of hydrogen-bond donors (Lipinski definition) is 1. The number of nitrogens with one attached hydrogen (secondary N) is 1. The minimum atomic E-state index is -0.406. The molecule has 4 nitrogen and oxygen atoms in total. The Labute approximate surface area is 108 Å². The fourth-order valence-electron chi connectivity index (χ4n) is 1.69. The van der Waals surface area contributed by atoms with Crippen molar-refractivity contribution in [3.63, 3.8) is 0 Å². The number of carbonyl (C=O) groups is 1. The van der Waals surface area contributed by atoms with Gasteiger partial charge in [0, 0.05) is 13.5 Å². The first-order valence-corrected chi connectivity index (χ1v) is 5.94. The molecule has 0 bridgehead atoms. The Morgan fingerprint density at radius 2 is 1.83 bits per heavy atom. The van der Waals surface area contributed by atoms with Gasteiger partial charge in [0.05, 0.1) is 19.3 Å². The van der Waals surface area contributed by atoms with Gasteiger partial charge in [0.1, 0.15) is 5.75 Å². The van der Waals surface area contributed by atoms with E-state index in [-0.39, 0.29) is 5.91 Å². The Hall–Kier alpha value is -1.55. The summed E-state index contributed by atoms with van der Waals surface area (Å²) in [7, 11) is 3.22. The summed E-state index contributed by atoms with van der Waals surface area (Å²) in [5.41, 5.74) is 0.631. The lowest BCUT2D eigenvalue weighted by Crippen LogP contribution is -2.41. The van der Waals surface area contributed by atoms with Gasteiger partial charge in [-0.15, -0.1) is 0 Å². The number of hydrogen-bond acceptors (Lipinski definition) is 3. The fraction of sp³-hybridized carbons (Fsp3) is 0.500. The van der Waals surface area contributed by atoms with Gasteiger partial charge in [0.2, 0.25) is 5.91 Å². The summed E-state index contributed by atoms with van der Waals surface area (Å²) < 4.78 is 10.00. The highest BCUT2D eigenvalue weighted by molar-refractivity contribution is 5.77. The summed E-state index contributed by atoms with van der Waals surface area (Å²) >= 11 is 0. The highest BCUT2D eigenvalue weighted by Crippen LogP contribution is 2.22. The van der Waals surface area contributed by atoms with Crippen LogP contribution < -0.4 is 10.1 Å². The molecule has 100 valence electrons. The van der Waals surface area contributed by atoms with Crippen LogP contribution in [0.4, 0.5) is 0 Å². The maximum Gasteiger partial charge on any atom is 0.222 e. The minimum Gasteiger partial charge on any atom is -0.497 e. The molecular formula is C14H21NO3. The summed E-state index contributed by atoms with van der Waals surface area (Å²) in [6.07, 6.45) is 0.371. The number of carbonyl (C=O) groups excluding carboxylic acids is 1. The third-order valence-electron chi connectivity index (χ3n) is 2.80. The maximum atomic E-state index is 11.7. The lowest BCUT2D eigenvalue weighted by Gasteiger charge is -2.27. The van der Waals surface area contributed by atoms with E-state index in [9.17, 15) is 4.79 Å². The van der Waals surface area contributed by atoms with E-state index < -0.39 is 5.54 Å². The lowest BCUT2D eigenvalue weighted by atomic mass is 9.94. The van der Waals surface area contributed by atoms with E-state index in [1.807, 2.05) is 38.1 Å². The molecular weight excluding hydrogens is 230 g/mol. The SMILES string of the molecule is COCCC(=O)NC(C)(C)c1ccc(OC)cc1. The van der Waals surface area contributed by atoms with Crippen LogP contribution in [0.15, 0.2) is 24.3 Å². The minimum absolute atomic E-state index is 0.0160. The van der Waals surface area contributed by atoms with Gasteiger partial charge in [0.15, 0.2) is 0 Å². The number of methoxy groups -OCH3 is 2. The zero-order valence-corrected chi connectivity index (χ0v) is 11.4. The second kappa shape index (κ2) is 6.40. The molecule has 0 radical (unpaired) electrons. The second-order valence-corrected chi connectivity index (χ2v) is 4.64. The molecule has 0 saturated carbocycles. The van der Waals surface area contributed by atoms with Gasteiger partial charge < -0.3 is 14.8 Å². The summed E-state index contributed by atoms with van der Waals surface area (Å²) in [6.45, 7) is 4.38. The van der Waals surface area contributed by atoms with E-state index in [0.717, 1.165) is 11.3 Å². The predicted molar refractivity (Wildman–Crippen MR) is 70.7 cm³/mol. The molecule has 1 N–H and O–H groups in total. The van der Waals surface area contributed by atoms with Crippen LogP contribution in [0.5, 0.6) is 5.75 Å². The van der Waals surface area contributed by atoms with Crippen molar-refractivity contribution in [2.24, 2.45) is 0 Å². The van der Waals surface area contributed by atoms with Gasteiger partial charge in [-0.3, -0.25) is 4.79 Å². The Kier molecular flexibility index (Phi) is 5.16. The van der Waals surface area contributed by atoms with Crippen LogP contribution in [0, 0.1) is 0 Å². The summed E-state index contributed by atoms with van der Waals surface area (Å²) in [5, 5.41) is 2.99. The van der Waals surface area contributed by atoms with Crippen LogP contribution in [0.2, 0.25) is 0 Å². The van der Waals surface area contributed by atoms with Crippen LogP contribution in [0.1, 0.15) is 25.8 Å². The molecule has 0 aliphatic carbocycles. The van der Waals surface area contributed by atoms with Gasteiger partial charge in [-0.25, -0.2) is 0 Å². The first-order valence-electron chi connectivity index (χ1n) is 5.94. The van der Waals surface area contributed by atoms with Crippen LogP contribution in [-0.2, 0) is 15.1 Å². The van der Waals surface area contributed by atoms with Crippen molar-refractivity contribution in [1.82, 2.24) is 5.32 Å². The molecule has 1 rings (SSSR count). The molecule has 18 heavy (non-hydrogen) atoms.